The molecule has 3 saturated carbocycles. The van der Waals surface area contributed by atoms with Gasteiger partial charge >= 0.3 is 23.9 Å². The van der Waals surface area contributed by atoms with Crippen molar-refractivity contribution in [3.63, 3.8) is 0 Å². The molecule has 0 aromatic rings. The highest BCUT2D eigenvalue weighted by atomic mass is 16.6. The van der Waals surface area contributed by atoms with Gasteiger partial charge in [0.05, 0.1) is 0 Å². The molecule has 5 fully saturated rings. The summed E-state index contributed by atoms with van der Waals surface area (Å²) >= 11 is 0. The first-order valence-corrected chi connectivity index (χ1v) is 13.9. The van der Waals surface area contributed by atoms with Gasteiger partial charge in [-0.05, 0) is 77.6 Å². The molecule has 5 rings (SSSR count). The van der Waals surface area contributed by atoms with Gasteiger partial charge in [-0.3, -0.25) is 19.2 Å². The molecule has 0 spiro atoms. The molecule has 0 N–H and O–H groups in total. The fraction of sp³-hybridized carbons (Fsp3) is 0.862. The average Bonchev–Trinajstić information content (AvgIpc) is 3.26. The minimum Gasteiger partial charge on any atom is -0.462 e. The molecule has 8 heteroatoms. The van der Waals surface area contributed by atoms with Crippen molar-refractivity contribution in [2.24, 2.45) is 33.5 Å². The van der Waals surface area contributed by atoms with Crippen LogP contribution in [0, 0.1) is 33.5 Å². The lowest BCUT2D eigenvalue weighted by Crippen LogP contribution is -2.49. The van der Waals surface area contributed by atoms with E-state index in [1.54, 1.807) is 0 Å². The van der Waals surface area contributed by atoms with Crippen LogP contribution in [-0.2, 0) is 38.1 Å². The fourth-order valence-corrected chi connectivity index (χ4v) is 8.05. The van der Waals surface area contributed by atoms with Crippen LogP contribution in [0.15, 0.2) is 0 Å². The maximum Gasteiger partial charge on any atom is 0.324 e. The van der Waals surface area contributed by atoms with Gasteiger partial charge in [0.15, 0.2) is 10.8 Å². The number of rotatable bonds is 5. The van der Waals surface area contributed by atoms with Crippen LogP contribution in [0.2, 0.25) is 0 Å². The summed E-state index contributed by atoms with van der Waals surface area (Å²) in [5.74, 6) is -1.88. The first-order chi connectivity index (χ1) is 17.0. The quantitative estimate of drug-likeness (QED) is 0.297. The second-order valence-corrected chi connectivity index (χ2v) is 13.9. The van der Waals surface area contributed by atoms with Gasteiger partial charge in [-0.2, -0.15) is 0 Å². The molecule has 4 bridgehead atoms. The van der Waals surface area contributed by atoms with Crippen molar-refractivity contribution in [1.82, 2.24) is 0 Å². The van der Waals surface area contributed by atoms with E-state index in [1.165, 1.54) is 0 Å². The van der Waals surface area contributed by atoms with Gasteiger partial charge in [0.1, 0.15) is 23.4 Å². The third-order valence-corrected chi connectivity index (χ3v) is 12.1. The Kier molecular flexibility index (Phi) is 5.53. The third kappa shape index (κ3) is 3.01. The number of hydrogen-bond donors (Lipinski definition) is 0. The summed E-state index contributed by atoms with van der Waals surface area (Å²) < 4.78 is 23.4. The van der Waals surface area contributed by atoms with E-state index in [9.17, 15) is 19.2 Å². The number of hydrogen-bond acceptors (Lipinski definition) is 8. The van der Waals surface area contributed by atoms with E-state index < -0.39 is 68.9 Å². The Morgan fingerprint density at radius 1 is 0.811 bits per heavy atom. The van der Waals surface area contributed by atoms with E-state index in [0.29, 0.717) is 32.1 Å². The number of carbonyl (C=O) groups excluding carboxylic acids is 4. The van der Waals surface area contributed by atoms with Crippen LogP contribution in [0.3, 0.4) is 0 Å². The highest BCUT2D eigenvalue weighted by Gasteiger charge is 2.78. The minimum atomic E-state index is -1.29. The molecule has 0 aromatic carbocycles. The summed E-state index contributed by atoms with van der Waals surface area (Å²) in [6.07, 6.45) is 3.44. The van der Waals surface area contributed by atoms with Crippen molar-refractivity contribution in [3.05, 3.63) is 0 Å². The molecule has 8 nitrogen and oxygen atoms in total. The Morgan fingerprint density at radius 2 is 1.30 bits per heavy atom. The van der Waals surface area contributed by atoms with Crippen molar-refractivity contribution < 1.29 is 38.1 Å². The average molecular weight is 519 g/mol. The zero-order valence-corrected chi connectivity index (χ0v) is 23.5. The smallest absolute Gasteiger partial charge is 0.324 e. The lowest BCUT2D eigenvalue weighted by Gasteiger charge is -2.40. The van der Waals surface area contributed by atoms with Gasteiger partial charge in [-0.15, -0.1) is 0 Å². The third-order valence-electron chi connectivity index (χ3n) is 12.1. The van der Waals surface area contributed by atoms with E-state index in [0.717, 1.165) is 12.8 Å². The van der Waals surface area contributed by atoms with Gasteiger partial charge in [0, 0.05) is 10.8 Å². The largest absolute Gasteiger partial charge is 0.462 e. The lowest BCUT2D eigenvalue weighted by atomic mass is 9.65. The Morgan fingerprint density at radius 3 is 1.73 bits per heavy atom. The molecule has 5 aliphatic rings. The standard InChI is InChI=1S/C29H42O8/c1-16-9-10-18(17(2)34-20(30)28-13-11-26(7,24(28,3)4)36-22(28)32)15-19(16)35-21(31)29-14-12-27(8,25(29,5)6)37-23(29)33/h16-19H,9-15H2,1-8H3. The van der Waals surface area contributed by atoms with E-state index in [1.807, 2.05) is 48.5 Å². The lowest BCUT2D eigenvalue weighted by molar-refractivity contribution is -0.184. The van der Waals surface area contributed by atoms with Crippen LogP contribution in [0.1, 0.15) is 100 Å². The van der Waals surface area contributed by atoms with Gasteiger partial charge in [-0.1, -0.05) is 34.6 Å². The summed E-state index contributed by atoms with van der Waals surface area (Å²) in [6, 6.07) is 0. The zero-order valence-electron chi connectivity index (χ0n) is 23.5. The van der Waals surface area contributed by atoms with Crippen molar-refractivity contribution in [1.29, 1.82) is 0 Å². The topological polar surface area (TPSA) is 105 Å². The Balaban J connectivity index is 1.28. The maximum atomic E-state index is 13.6. The van der Waals surface area contributed by atoms with Crippen LogP contribution in [0.25, 0.3) is 0 Å². The predicted molar refractivity (Wildman–Crippen MR) is 132 cm³/mol. The number of esters is 4. The highest BCUT2D eigenvalue weighted by molar-refractivity contribution is 6.04. The summed E-state index contributed by atoms with van der Waals surface area (Å²) in [5, 5.41) is 0. The fourth-order valence-electron chi connectivity index (χ4n) is 8.05. The van der Waals surface area contributed by atoms with E-state index in [2.05, 4.69) is 6.92 Å². The number of ether oxygens (including phenoxy) is 4. The predicted octanol–water partition coefficient (Wildman–Crippen LogP) is 4.51. The summed E-state index contributed by atoms with van der Waals surface area (Å²) in [6.45, 7) is 15.4. The second kappa shape index (κ2) is 7.72. The molecule has 0 amide bonds. The van der Waals surface area contributed by atoms with Crippen molar-refractivity contribution in [2.75, 3.05) is 0 Å². The van der Waals surface area contributed by atoms with Gasteiger partial charge in [0.25, 0.3) is 0 Å². The molecule has 37 heavy (non-hydrogen) atoms. The van der Waals surface area contributed by atoms with Crippen molar-refractivity contribution in [2.45, 2.75) is 124 Å². The van der Waals surface area contributed by atoms with E-state index >= 15 is 0 Å². The van der Waals surface area contributed by atoms with Crippen LogP contribution < -0.4 is 0 Å². The van der Waals surface area contributed by atoms with Crippen LogP contribution in [-0.4, -0.2) is 47.3 Å². The zero-order chi connectivity index (χ0) is 27.4. The molecule has 3 aliphatic carbocycles. The SMILES string of the molecule is CC1CCC(C(C)OC(=O)C23CCC(C)(OC2=O)C3(C)C)CC1OC(=O)C12CCC(C)(OC1=O)C2(C)C. The summed E-state index contributed by atoms with van der Waals surface area (Å²) in [5.41, 5.74) is -5.23. The van der Waals surface area contributed by atoms with Crippen LogP contribution in [0.4, 0.5) is 0 Å². The Labute approximate surface area is 219 Å². The normalized spacial score (nSPS) is 45.8. The number of fused-ring (bicyclic) bond motifs is 4. The van der Waals surface area contributed by atoms with Gasteiger partial charge < -0.3 is 18.9 Å². The first-order valence-electron chi connectivity index (χ1n) is 13.9. The molecule has 0 aromatic heterocycles. The minimum absolute atomic E-state index is 0.0300. The summed E-state index contributed by atoms with van der Waals surface area (Å²) in [7, 11) is 0. The molecule has 2 saturated heterocycles. The van der Waals surface area contributed by atoms with E-state index in [4.69, 9.17) is 18.9 Å². The molecular formula is C29H42O8. The summed E-state index contributed by atoms with van der Waals surface area (Å²) in [4.78, 5) is 52.9. The maximum absolute atomic E-state index is 13.6. The van der Waals surface area contributed by atoms with Crippen molar-refractivity contribution in [3.8, 4) is 0 Å². The van der Waals surface area contributed by atoms with Gasteiger partial charge in [0.2, 0.25) is 0 Å². The molecule has 8 unspecified atom stereocenters. The highest BCUT2D eigenvalue weighted by Crippen LogP contribution is 2.67. The Hall–Kier alpha value is -2.12. The molecule has 2 heterocycles. The first kappa shape index (κ1) is 26.5. The molecular weight excluding hydrogens is 476 g/mol. The monoisotopic (exact) mass is 518 g/mol. The van der Waals surface area contributed by atoms with Crippen LogP contribution >= 0.6 is 0 Å². The van der Waals surface area contributed by atoms with Crippen LogP contribution in [0.5, 0.6) is 0 Å². The number of carbonyl (C=O) groups is 4. The van der Waals surface area contributed by atoms with Crippen molar-refractivity contribution >= 4 is 23.9 Å². The molecule has 8 atom stereocenters. The van der Waals surface area contributed by atoms with E-state index in [-0.39, 0.29) is 11.8 Å². The molecule has 206 valence electrons. The Bertz CT molecular complexity index is 1060. The molecule has 2 aliphatic heterocycles. The second-order valence-electron chi connectivity index (χ2n) is 13.9. The van der Waals surface area contributed by atoms with Gasteiger partial charge in [-0.25, -0.2) is 0 Å². The molecule has 0 radical (unpaired) electrons.